The van der Waals surface area contributed by atoms with Gasteiger partial charge in [0, 0.05) is 23.0 Å². The molecule has 0 unspecified atom stereocenters. The van der Waals surface area contributed by atoms with Crippen LogP contribution < -0.4 is 0 Å². The molecule has 0 atom stereocenters. The molecule has 4 nitrogen and oxygen atoms in total. The molecule has 0 bridgehead atoms. The predicted octanol–water partition coefficient (Wildman–Crippen LogP) is 3.51. The summed E-state index contributed by atoms with van der Waals surface area (Å²) in [5.41, 5.74) is 0.694. The third-order valence-electron chi connectivity index (χ3n) is 3.52. The van der Waals surface area contributed by atoms with Crippen molar-refractivity contribution in [2.75, 3.05) is 0 Å². The van der Waals surface area contributed by atoms with Crippen LogP contribution in [0.25, 0.3) is 0 Å². The molecule has 0 spiro atoms. The average molecular weight is 291 g/mol. The number of aromatic carboxylic acids is 1. The van der Waals surface area contributed by atoms with Crippen molar-refractivity contribution in [2.24, 2.45) is 0 Å². The zero-order valence-electron chi connectivity index (χ0n) is 11.3. The summed E-state index contributed by atoms with van der Waals surface area (Å²) in [5, 5.41) is 11.1. The number of hydrogen-bond acceptors (Lipinski definition) is 4. The molecule has 0 saturated heterocycles. The minimum absolute atomic E-state index is 0.0619. The summed E-state index contributed by atoms with van der Waals surface area (Å²) >= 11 is 1.75. The van der Waals surface area contributed by atoms with E-state index in [0.717, 1.165) is 12.3 Å². The monoisotopic (exact) mass is 291 g/mol. The van der Waals surface area contributed by atoms with E-state index in [9.17, 15) is 4.79 Å². The largest absolute Gasteiger partial charge is 0.475 e. The van der Waals surface area contributed by atoms with Crippen LogP contribution in [0.4, 0.5) is 0 Å². The molecule has 106 valence electrons. The van der Waals surface area contributed by atoms with Gasteiger partial charge in [0.15, 0.2) is 0 Å². The molecule has 0 amide bonds. The molecule has 2 heterocycles. The molecule has 0 aliphatic heterocycles. The van der Waals surface area contributed by atoms with Crippen LogP contribution in [0.5, 0.6) is 0 Å². The molecular weight excluding hydrogens is 274 g/mol. The van der Waals surface area contributed by atoms with Gasteiger partial charge in [-0.1, -0.05) is 6.07 Å². The van der Waals surface area contributed by atoms with E-state index >= 15 is 0 Å². The number of hydrogen-bond donors (Lipinski definition) is 1. The third-order valence-corrected chi connectivity index (χ3v) is 4.39. The van der Waals surface area contributed by atoms with Crippen molar-refractivity contribution < 1.29 is 14.3 Å². The summed E-state index contributed by atoms with van der Waals surface area (Å²) in [6, 6.07) is 6.64. The van der Waals surface area contributed by atoms with Crippen LogP contribution in [-0.4, -0.2) is 22.0 Å². The molecule has 0 radical (unpaired) electrons. The van der Waals surface area contributed by atoms with Gasteiger partial charge in [0.2, 0.25) is 5.76 Å². The van der Waals surface area contributed by atoms with Gasteiger partial charge in [0.25, 0.3) is 0 Å². The summed E-state index contributed by atoms with van der Waals surface area (Å²) in [4.78, 5) is 14.7. The second-order valence-electron chi connectivity index (χ2n) is 5.25. The normalized spacial score (nSPS) is 14.9. The number of carboxylic acid groups (broad SMARTS) is 1. The first-order valence-corrected chi connectivity index (χ1v) is 7.60. The number of thiophene rings is 1. The SMILES string of the molecule is Cc1cc(CN(Cc2cccs2)C2CC2)oc1C(=O)O. The van der Waals surface area contributed by atoms with Crippen LogP contribution in [0.1, 0.15) is 39.6 Å². The highest BCUT2D eigenvalue weighted by atomic mass is 32.1. The maximum absolute atomic E-state index is 11.0. The summed E-state index contributed by atoms with van der Waals surface area (Å²) < 4.78 is 5.47. The lowest BCUT2D eigenvalue weighted by Crippen LogP contribution is -2.24. The standard InChI is InChI=1S/C15H17NO3S/c1-10-7-12(19-14(10)15(17)18)8-16(11-4-5-11)9-13-3-2-6-20-13/h2-3,6-7,11H,4-5,8-9H2,1H3,(H,17,18). The van der Waals surface area contributed by atoms with Gasteiger partial charge in [-0.25, -0.2) is 4.79 Å². The van der Waals surface area contributed by atoms with Crippen molar-refractivity contribution in [2.45, 2.75) is 38.9 Å². The fraction of sp³-hybridized carbons (Fsp3) is 0.400. The van der Waals surface area contributed by atoms with Crippen molar-refractivity contribution in [1.29, 1.82) is 0 Å². The summed E-state index contributed by atoms with van der Waals surface area (Å²) in [6.45, 7) is 3.36. The van der Waals surface area contributed by atoms with Gasteiger partial charge in [-0.05, 0) is 37.3 Å². The summed E-state index contributed by atoms with van der Waals surface area (Å²) in [5.74, 6) is -0.194. The predicted molar refractivity (Wildman–Crippen MR) is 77.0 cm³/mol. The van der Waals surface area contributed by atoms with E-state index in [0.29, 0.717) is 18.2 Å². The molecule has 5 heteroatoms. The second-order valence-corrected chi connectivity index (χ2v) is 6.28. The van der Waals surface area contributed by atoms with E-state index in [4.69, 9.17) is 9.52 Å². The highest BCUT2D eigenvalue weighted by Crippen LogP contribution is 2.31. The van der Waals surface area contributed by atoms with Crippen LogP contribution >= 0.6 is 11.3 Å². The Bertz CT molecular complexity index is 599. The quantitative estimate of drug-likeness (QED) is 0.885. The lowest BCUT2D eigenvalue weighted by molar-refractivity contribution is 0.0657. The first-order chi connectivity index (χ1) is 9.63. The molecule has 1 saturated carbocycles. The van der Waals surface area contributed by atoms with Gasteiger partial charge in [-0.2, -0.15) is 0 Å². The molecule has 2 aromatic heterocycles. The molecule has 2 aromatic rings. The number of nitrogens with zero attached hydrogens (tertiary/aromatic N) is 1. The fourth-order valence-electron chi connectivity index (χ4n) is 2.39. The Balaban J connectivity index is 1.73. The van der Waals surface area contributed by atoms with Crippen molar-refractivity contribution >= 4 is 17.3 Å². The number of carboxylic acids is 1. The van der Waals surface area contributed by atoms with Gasteiger partial charge in [-0.15, -0.1) is 11.3 Å². The van der Waals surface area contributed by atoms with E-state index in [1.54, 1.807) is 18.3 Å². The van der Waals surface area contributed by atoms with Crippen molar-refractivity contribution in [1.82, 2.24) is 4.90 Å². The van der Waals surface area contributed by atoms with Gasteiger partial charge >= 0.3 is 5.97 Å². The van der Waals surface area contributed by atoms with Gasteiger partial charge in [0.1, 0.15) is 5.76 Å². The molecule has 1 aliphatic rings. The number of rotatable bonds is 6. The van der Waals surface area contributed by atoms with Crippen LogP contribution in [-0.2, 0) is 13.1 Å². The van der Waals surface area contributed by atoms with Gasteiger partial charge in [0.05, 0.1) is 6.54 Å². The molecule has 3 rings (SSSR count). The Kier molecular flexibility index (Phi) is 3.63. The van der Waals surface area contributed by atoms with Crippen molar-refractivity contribution in [3.05, 3.63) is 45.5 Å². The highest BCUT2D eigenvalue weighted by molar-refractivity contribution is 7.09. The lowest BCUT2D eigenvalue weighted by atomic mass is 10.2. The first kappa shape index (κ1) is 13.4. The van der Waals surface area contributed by atoms with E-state index in [1.165, 1.54) is 17.7 Å². The smallest absolute Gasteiger partial charge is 0.372 e. The average Bonchev–Trinajstić information content (AvgIpc) is 3.00. The minimum atomic E-state index is -0.995. The Morgan fingerprint density at radius 1 is 1.50 bits per heavy atom. The van der Waals surface area contributed by atoms with Gasteiger partial charge in [-0.3, -0.25) is 4.90 Å². The van der Waals surface area contributed by atoms with Crippen molar-refractivity contribution in [3.63, 3.8) is 0 Å². The number of carbonyl (C=O) groups is 1. The molecule has 20 heavy (non-hydrogen) atoms. The second kappa shape index (κ2) is 5.42. The topological polar surface area (TPSA) is 53.7 Å². The number of furan rings is 1. The molecular formula is C15H17NO3S. The zero-order valence-corrected chi connectivity index (χ0v) is 12.2. The highest BCUT2D eigenvalue weighted by Gasteiger charge is 2.30. The third kappa shape index (κ3) is 2.94. The van der Waals surface area contributed by atoms with Crippen LogP contribution in [0.3, 0.4) is 0 Å². The number of aryl methyl sites for hydroxylation is 1. The molecule has 0 aromatic carbocycles. The molecule has 1 aliphatic carbocycles. The van der Waals surface area contributed by atoms with E-state index in [-0.39, 0.29) is 5.76 Å². The van der Waals surface area contributed by atoms with Crippen molar-refractivity contribution in [3.8, 4) is 0 Å². The fourth-order valence-corrected chi connectivity index (χ4v) is 3.12. The van der Waals surface area contributed by atoms with Gasteiger partial charge < -0.3 is 9.52 Å². The zero-order chi connectivity index (χ0) is 14.1. The molecule has 1 N–H and O–H groups in total. The summed E-state index contributed by atoms with van der Waals surface area (Å²) in [7, 11) is 0. The Labute approximate surface area is 121 Å². The first-order valence-electron chi connectivity index (χ1n) is 6.72. The summed E-state index contributed by atoms with van der Waals surface area (Å²) in [6.07, 6.45) is 2.44. The van der Waals surface area contributed by atoms with Crippen LogP contribution in [0, 0.1) is 6.92 Å². The lowest BCUT2D eigenvalue weighted by Gasteiger charge is -2.19. The minimum Gasteiger partial charge on any atom is -0.475 e. The van der Waals surface area contributed by atoms with Crippen LogP contribution in [0.2, 0.25) is 0 Å². The maximum Gasteiger partial charge on any atom is 0.372 e. The van der Waals surface area contributed by atoms with E-state index < -0.39 is 5.97 Å². The molecule has 1 fully saturated rings. The Morgan fingerprint density at radius 2 is 2.30 bits per heavy atom. The van der Waals surface area contributed by atoms with Crippen LogP contribution in [0.15, 0.2) is 28.0 Å². The maximum atomic E-state index is 11.0. The Morgan fingerprint density at radius 3 is 2.85 bits per heavy atom. The Hall–Kier alpha value is -1.59. The van der Waals surface area contributed by atoms with E-state index in [1.807, 2.05) is 6.07 Å². The van der Waals surface area contributed by atoms with E-state index in [2.05, 4.69) is 22.4 Å².